The Balaban J connectivity index is 1.14. The molecule has 1 saturated carbocycles. The Hall–Kier alpha value is -1.63. The summed E-state index contributed by atoms with van der Waals surface area (Å²) in [6, 6.07) is 0. The minimum atomic E-state index is -0.492. The van der Waals surface area contributed by atoms with Crippen LogP contribution in [-0.2, 0) is 4.74 Å². The molecule has 1 unspecified atom stereocenters. The number of nitrogens with one attached hydrogen (secondary N) is 1. The summed E-state index contributed by atoms with van der Waals surface area (Å²) in [5.74, 6) is 2.67. The maximum Gasteiger partial charge on any atom is 0.414 e. The Morgan fingerprint density at radius 3 is 2.70 bits per heavy atom. The highest BCUT2D eigenvalue weighted by atomic mass is 16.5. The zero-order chi connectivity index (χ0) is 18.5. The number of carbonyl (C=O) groups excluding carboxylic acids is 1. The molecule has 0 spiro atoms. The summed E-state index contributed by atoms with van der Waals surface area (Å²) in [7, 11) is 0. The van der Waals surface area contributed by atoms with Gasteiger partial charge in [0.15, 0.2) is 0 Å². The molecule has 1 aliphatic carbocycles. The van der Waals surface area contributed by atoms with E-state index >= 15 is 0 Å². The largest absolute Gasteiger partial charge is 0.449 e. The first kappa shape index (κ1) is 18.7. The third kappa shape index (κ3) is 5.00. The SMILES string of the molecule is O=C(Nc1noc(C2CN3CCC2CC3)n1)OCCCCC1CCCCC1. The van der Waals surface area contributed by atoms with Gasteiger partial charge in [0, 0.05) is 6.54 Å². The van der Waals surface area contributed by atoms with Gasteiger partial charge in [-0.2, -0.15) is 4.98 Å². The second-order valence-corrected chi connectivity index (χ2v) is 8.46. The molecule has 1 atom stereocenters. The number of fused-ring (bicyclic) bond motifs is 3. The monoisotopic (exact) mass is 376 g/mol. The van der Waals surface area contributed by atoms with Crippen molar-refractivity contribution in [1.82, 2.24) is 15.0 Å². The predicted molar refractivity (Wildman–Crippen MR) is 102 cm³/mol. The summed E-state index contributed by atoms with van der Waals surface area (Å²) < 4.78 is 10.7. The first-order valence-electron chi connectivity index (χ1n) is 10.8. The molecule has 5 rings (SSSR count). The molecular weight excluding hydrogens is 344 g/mol. The van der Waals surface area contributed by atoms with E-state index < -0.39 is 6.09 Å². The van der Waals surface area contributed by atoms with Crippen molar-refractivity contribution in [2.24, 2.45) is 11.8 Å². The molecule has 4 aliphatic rings. The van der Waals surface area contributed by atoms with Gasteiger partial charge in [-0.15, -0.1) is 0 Å². The summed E-state index contributed by atoms with van der Waals surface area (Å²) in [6.45, 7) is 3.78. The number of unbranched alkanes of at least 4 members (excludes halogenated alkanes) is 1. The van der Waals surface area contributed by atoms with Crippen LogP contribution in [-0.4, -0.2) is 47.4 Å². The molecule has 0 radical (unpaired) electrons. The first-order valence-corrected chi connectivity index (χ1v) is 10.8. The van der Waals surface area contributed by atoms with Crippen molar-refractivity contribution in [3.8, 4) is 0 Å². The number of hydrogen-bond donors (Lipinski definition) is 1. The van der Waals surface area contributed by atoms with Crippen LogP contribution in [0.3, 0.4) is 0 Å². The molecule has 4 fully saturated rings. The van der Waals surface area contributed by atoms with Gasteiger partial charge >= 0.3 is 6.09 Å². The predicted octanol–water partition coefficient (Wildman–Crippen LogP) is 4.18. The lowest BCUT2D eigenvalue weighted by Gasteiger charge is -2.43. The van der Waals surface area contributed by atoms with Gasteiger partial charge in [0.05, 0.1) is 12.5 Å². The normalized spacial score (nSPS) is 28.2. The number of nitrogens with zero attached hydrogens (tertiary/aromatic N) is 3. The molecular formula is C20H32N4O3. The van der Waals surface area contributed by atoms with Gasteiger partial charge in [-0.05, 0) is 55.8 Å². The average Bonchev–Trinajstić information content (AvgIpc) is 3.18. The van der Waals surface area contributed by atoms with Crippen LogP contribution in [0.25, 0.3) is 0 Å². The molecule has 27 heavy (non-hydrogen) atoms. The third-order valence-corrected chi connectivity index (χ3v) is 6.59. The fraction of sp³-hybridized carbons (Fsp3) is 0.850. The molecule has 1 N–H and O–H groups in total. The van der Waals surface area contributed by atoms with E-state index in [9.17, 15) is 4.79 Å². The molecule has 7 heteroatoms. The number of aromatic nitrogens is 2. The van der Waals surface area contributed by atoms with E-state index in [2.05, 4.69) is 20.4 Å². The maximum atomic E-state index is 11.9. The number of piperidine rings is 3. The second kappa shape index (κ2) is 9.04. The summed E-state index contributed by atoms with van der Waals surface area (Å²) in [6.07, 6.45) is 12.1. The molecule has 3 aliphatic heterocycles. The molecule has 1 aromatic rings. The van der Waals surface area contributed by atoms with Crippen LogP contribution in [0, 0.1) is 11.8 Å². The molecule has 7 nitrogen and oxygen atoms in total. The van der Waals surface area contributed by atoms with Crippen LogP contribution in [0.5, 0.6) is 0 Å². The molecule has 4 heterocycles. The van der Waals surface area contributed by atoms with Crippen molar-refractivity contribution in [2.45, 2.75) is 70.1 Å². The maximum absolute atomic E-state index is 11.9. The number of rotatable bonds is 7. The quantitative estimate of drug-likeness (QED) is 0.719. The van der Waals surface area contributed by atoms with Gasteiger partial charge in [-0.3, -0.25) is 5.32 Å². The van der Waals surface area contributed by atoms with Gasteiger partial charge in [-0.25, -0.2) is 4.79 Å². The topological polar surface area (TPSA) is 80.5 Å². The highest BCUT2D eigenvalue weighted by Crippen LogP contribution is 2.38. The summed E-state index contributed by atoms with van der Waals surface area (Å²) >= 11 is 0. The molecule has 1 aromatic heterocycles. The number of anilines is 1. The second-order valence-electron chi connectivity index (χ2n) is 8.46. The summed E-state index contributed by atoms with van der Waals surface area (Å²) in [5.41, 5.74) is 0. The van der Waals surface area contributed by atoms with Crippen LogP contribution in [0.2, 0.25) is 0 Å². The molecule has 150 valence electrons. The first-order chi connectivity index (χ1) is 13.3. The van der Waals surface area contributed by atoms with E-state index in [-0.39, 0.29) is 5.95 Å². The Labute approximate surface area is 161 Å². The number of ether oxygens (including phenoxy) is 1. The van der Waals surface area contributed by atoms with Crippen LogP contribution in [0.4, 0.5) is 10.7 Å². The summed E-state index contributed by atoms with van der Waals surface area (Å²) in [5, 5.41) is 6.50. The van der Waals surface area contributed by atoms with Crippen molar-refractivity contribution in [3.63, 3.8) is 0 Å². The smallest absolute Gasteiger partial charge is 0.414 e. The lowest BCUT2D eigenvalue weighted by molar-refractivity contribution is 0.0727. The van der Waals surface area contributed by atoms with E-state index in [1.54, 1.807) is 0 Å². The van der Waals surface area contributed by atoms with Gasteiger partial charge in [-0.1, -0.05) is 38.5 Å². The highest BCUT2D eigenvalue weighted by molar-refractivity contribution is 5.81. The molecule has 2 bridgehead atoms. The van der Waals surface area contributed by atoms with E-state index in [4.69, 9.17) is 9.26 Å². The Morgan fingerprint density at radius 2 is 1.96 bits per heavy atom. The lowest BCUT2D eigenvalue weighted by atomic mass is 9.79. The van der Waals surface area contributed by atoms with E-state index in [0.29, 0.717) is 24.3 Å². The van der Waals surface area contributed by atoms with E-state index in [1.807, 2.05) is 0 Å². The van der Waals surface area contributed by atoms with E-state index in [0.717, 1.165) is 25.3 Å². The Morgan fingerprint density at radius 1 is 1.15 bits per heavy atom. The Kier molecular flexibility index (Phi) is 6.27. The van der Waals surface area contributed by atoms with Gasteiger partial charge in [0.2, 0.25) is 5.89 Å². The zero-order valence-electron chi connectivity index (χ0n) is 16.2. The zero-order valence-corrected chi connectivity index (χ0v) is 16.2. The Bertz CT molecular complexity index is 606. The van der Waals surface area contributed by atoms with Crippen molar-refractivity contribution < 1.29 is 14.1 Å². The minimum Gasteiger partial charge on any atom is -0.449 e. The van der Waals surface area contributed by atoms with Crippen LogP contribution in [0.1, 0.15) is 76.0 Å². The average molecular weight is 377 g/mol. The van der Waals surface area contributed by atoms with Crippen molar-refractivity contribution in [3.05, 3.63) is 5.89 Å². The number of amides is 1. The molecule has 0 aromatic carbocycles. The standard InChI is InChI=1S/C20H32N4O3/c25-20(26-13-5-4-8-15-6-2-1-3-7-15)22-19-21-18(27-23-19)17-14-24-11-9-16(17)10-12-24/h15-17H,1-14H2,(H,22,23,25). The fourth-order valence-corrected chi connectivity index (χ4v) is 4.98. The van der Waals surface area contributed by atoms with Crippen molar-refractivity contribution in [1.29, 1.82) is 0 Å². The van der Waals surface area contributed by atoms with E-state index in [1.165, 1.54) is 64.5 Å². The van der Waals surface area contributed by atoms with Crippen molar-refractivity contribution in [2.75, 3.05) is 31.6 Å². The highest BCUT2D eigenvalue weighted by Gasteiger charge is 2.38. The molecule has 1 amide bonds. The molecule has 3 saturated heterocycles. The van der Waals surface area contributed by atoms with Gasteiger partial charge in [0.1, 0.15) is 0 Å². The van der Waals surface area contributed by atoms with Crippen LogP contribution in [0.15, 0.2) is 4.52 Å². The van der Waals surface area contributed by atoms with Crippen LogP contribution < -0.4 is 5.32 Å². The third-order valence-electron chi connectivity index (χ3n) is 6.59. The van der Waals surface area contributed by atoms with Gasteiger partial charge in [0.25, 0.3) is 5.95 Å². The lowest BCUT2D eigenvalue weighted by Crippen LogP contribution is -2.46. The van der Waals surface area contributed by atoms with Gasteiger partial charge < -0.3 is 14.2 Å². The van der Waals surface area contributed by atoms with Crippen LogP contribution >= 0.6 is 0 Å². The fourth-order valence-electron chi connectivity index (χ4n) is 4.98. The number of hydrogen-bond acceptors (Lipinski definition) is 6. The summed E-state index contributed by atoms with van der Waals surface area (Å²) in [4.78, 5) is 18.8. The number of carbonyl (C=O) groups is 1. The van der Waals surface area contributed by atoms with Crippen molar-refractivity contribution >= 4 is 12.0 Å². The minimum absolute atomic E-state index is 0.216.